The van der Waals surface area contributed by atoms with E-state index < -0.39 is 0 Å². The van der Waals surface area contributed by atoms with Crippen molar-refractivity contribution in [3.05, 3.63) is 18.0 Å². The van der Waals surface area contributed by atoms with Crippen molar-refractivity contribution in [1.29, 1.82) is 0 Å². The Morgan fingerprint density at radius 1 is 1.33 bits per heavy atom. The predicted octanol–water partition coefficient (Wildman–Crippen LogP) is 2.86. The van der Waals surface area contributed by atoms with Gasteiger partial charge in [0.2, 0.25) is 0 Å². The molecular weight excluding hydrogens is 222 g/mol. The Labute approximate surface area is 111 Å². The molecule has 1 saturated carbocycles. The highest BCUT2D eigenvalue weighted by molar-refractivity contribution is 5.07. The van der Waals surface area contributed by atoms with Crippen LogP contribution in [0.4, 0.5) is 0 Å². The first-order valence-electron chi connectivity index (χ1n) is 7.24. The summed E-state index contributed by atoms with van der Waals surface area (Å²) in [7, 11) is 0. The van der Waals surface area contributed by atoms with Crippen molar-refractivity contribution in [2.24, 2.45) is 11.8 Å². The van der Waals surface area contributed by atoms with Gasteiger partial charge in [-0.2, -0.15) is 5.10 Å². The first kappa shape index (κ1) is 13.6. The molecule has 1 heterocycles. The van der Waals surface area contributed by atoms with Crippen LogP contribution in [0.5, 0.6) is 0 Å². The Kier molecular flexibility index (Phi) is 4.10. The third kappa shape index (κ3) is 3.58. The van der Waals surface area contributed by atoms with Crippen LogP contribution in [-0.4, -0.2) is 21.9 Å². The maximum Gasteiger partial charge on any atom is 0.0521 e. The van der Waals surface area contributed by atoms with Crippen LogP contribution >= 0.6 is 0 Å². The molecule has 102 valence electrons. The van der Waals surface area contributed by atoms with Crippen molar-refractivity contribution in [2.75, 3.05) is 6.54 Å². The third-order valence-corrected chi connectivity index (χ3v) is 3.98. The molecule has 0 aromatic carbocycles. The highest BCUT2D eigenvalue weighted by atomic mass is 15.3. The molecule has 1 aliphatic rings. The zero-order valence-corrected chi connectivity index (χ0v) is 12.2. The van der Waals surface area contributed by atoms with Crippen LogP contribution in [0.2, 0.25) is 0 Å². The third-order valence-electron chi connectivity index (χ3n) is 3.98. The van der Waals surface area contributed by atoms with Crippen LogP contribution < -0.4 is 5.32 Å². The van der Waals surface area contributed by atoms with Gasteiger partial charge in [-0.25, -0.2) is 0 Å². The molecule has 2 unspecified atom stereocenters. The van der Waals surface area contributed by atoms with E-state index in [4.69, 9.17) is 0 Å². The molecule has 0 radical (unpaired) electrons. The molecule has 0 saturated heterocycles. The largest absolute Gasteiger partial charge is 0.312 e. The Bertz CT molecular complexity index is 375. The summed E-state index contributed by atoms with van der Waals surface area (Å²) in [6.07, 6.45) is 8.21. The number of rotatable bonds is 5. The zero-order valence-electron chi connectivity index (χ0n) is 12.2. The summed E-state index contributed by atoms with van der Waals surface area (Å²) >= 11 is 0. The number of hydrogen-bond acceptors (Lipinski definition) is 2. The van der Waals surface area contributed by atoms with Crippen LogP contribution in [-0.2, 0) is 13.0 Å². The molecule has 18 heavy (non-hydrogen) atoms. The molecule has 0 spiro atoms. The van der Waals surface area contributed by atoms with Gasteiger partial charge in [0.15, 0.2) is 0 Å². The minimum absolute atomic E-state index is 0.243. The molecule has 2 rings (SSSR count). The van der Waals surface area contributed by atoms with Crippen molar-refractivity contribution in [3.63, 3.8) is 0 Å². The smallest absolute Gasteiger partial charge is 0.0521 e. The standard InChI is InChI=1S/C15H27N3/c1-5-18-11-12(9-17-18)8-13-6-7-14(13)10-16-15(2,3)4/h9,11,13-14,16H,5-8,10H2,1-4H3. The van der Waals surface area contributed by atoms with Crippen LogP contribution in [0.3, 0.4) is 0 Å². The van der Waals surface area contributed by atoms with Gasteiger partial charge < -0.3 is 5.32 Å². The SMILES string of the molecule is CCn1cc(CC2CCC2CNC(C)(C)C)cn1. The first-order chi connectivity index (χ1) is 8.48. The lowest BCUT2D eigenvalue weighted by Gasteiger charge is -2.38. The maximum absolute atomic E-state index is 4.36. The fourth-order valence-corrected chi connectivity index (χ4v) is 2.60. The van der Waals surface area contributed by atoms with Crippen LogP contribution in [0.1, 0.15) is 46.1 Å². The highest BCUT2D eigenvalue weighted by Gasteiger charge is 2.31. The lowest BCUT2D eigenvalue weighted by atomic mass is 9.71. The summed E-state index contributed by atoms with van der Waals surface area (Å²) in [6, 6.07) is 0. The van der Waals surface area contributed by atoms with Gasteiger partial charge in [-0.1, -0.05) is 0 Å². The van der Waals surface area contributed by atoms with Gasteiger partial charge in [-0.05, 0) is 70.9 Å². The van der Waals surface area contributed by atoms with Gasteiger partial charge in [0.05, 0.1) is 6.20 Å². The Balaban J connectivity index is 1.80. The van der Waals surface area contributed by atoms with Crippen molar-refractivity contribution >= 4 is 0 Å². The van der Waals surface area contributed by atoms with E-state index in [1.807, 2.05) is 10.9 Å². The van der Waals surface area contributed by atoms with E-state index in [0.29, 0.717) is 0 Å². The van der Waals surface area contributed by atoms with E-state index in [-0.39, 0.29) is 5.54 Å². The molecule has 1 fully saturated rings. The number of aryl methyl sites for hydroxylation is 1. The monoisotopic (exact) mass is 249 g/mol. The van der Waals surface area contributed by atoms with E-state index in [1.165, 1.54) is 24.8 Å². The fourth-order valence-electron chi connectivity index (χ4n) is 2.60. The molecule has 1 aromatic heterocycles. The minimum atomic E-state index is 0.243. The molecule has 1 aliphatic carbocycles. The van der Waals surface area contributed by atoms with Gasteiger partial charge in [0, 0.05) is 18.3 Å². The lowest BCUT2D eigenvalue weighted by molar-refractivity contribution is 0.159. The van der Waals surface area contributed by atoms with Crippen LogP contribution in [0.15, 0.2) is 12.4 Å². The van der Waals surface area contributed by atoms with Gasteiger partial charge >= 0.3 is 0 Å². The minimum Gasteiger partial charge on any atom is -0.312 e. The molecule has 0 aliphatic heterocycles. The summed E-state index contributed by atoms with van der Waals surface area (Å²) in [4.78, 5) is 0. The lowest BCUT2D eigenvalue weighted by Crippen LogP contribution is -2.44. The van der Waals surface area contributed by atoms with E-state index in [1.54, 1.807) is 0 Å². The summed E-state index contributed by atoms with van der Waals surface area (Å²) in [5.74, 6) is 1.71. The zero-order chi connectivity index (χ0) is 13.2. The Morgan fingerprint density at radius 3 is 2.56 bits per heavy atom. The second-order valence-electron chi connectivity index (χ2n) is 6.64. The van der Waals surface area contributed by atoms with Crippen molar-refractivity contribution in [1.82, 2.24) is 15.1 Å². The molecule has 1 N–H and O–H groups in total. The van der Waals surface area contributed by atoms with Gasteiger partial charge in [-0.15, -0.1) is 0 Å². The molecule has 1 aromatic rings. The molecule has 0 bridgehead atoms. The van der Waals surface area contributed by atoms with Gasteiger partial charge in [0.1, 0.15) is 0 Å². The molecule has 0 amide bonds. The van der Waals surface area contributed by atoms with E-state index in [2.05, 4.69) is 44.3 Å². The normalized spacial score (nSPS) is 24.0. The predicted molar refractivity (Wildman–Crippen MR) is 75.6 cm³/mol. The number of nitrogens with one attached hydrogen (secondary N) is 1. The Hall–Kier alpha value is -0.830. The average molecular weight is 249 g/mol. The first-order valence-corrected chi connectivity index (χ1v) is 7.24. The number of aromatic nitrogens is 2. The fraction of sp³-hybridized carbons (Fsp3) is 0.800. The van der Waals surface area contributed by atoms with E-state index in [9.17, 15) is 0 Å². The number of hydrogen-bond donors (Lipinski definition) is 1. The van der Waals surface area contributed by atoms with Crippen LogP contribution in [0.25, 0.3) is 0 Å². The second-order valence-corrected chi connectivity index (χ2v) is 6.64. The second kappa shape index (κ2) is 5.43. The van der Waals surface area contributed by atoms with Crippen molar-refractivity contribution < 1.29 is 0 Å². The van der Waals surface area contributed by atoms with Gasteiger partial charge in [-0.3, -0.25) is 4.68 Å². The topological polar surface area (TPSA) is 29.9 Å². The summed E-state index contributed by atoms with van der Waals surface area (Å²) < 4.78 is 2.02. The van der Waals surface area contributed by atoms with Gasteiger partial charge in [0.25, 0.3) is 0 Å². The molecule has 3 heteroatoms. The Morgan fingerprint density at radius 2 is 2.06 bits per heavy atom. The van der Waals surface area contributed by atoms with E-state index in [0.717, 1.165) is 24.9 Å². The van der Waals surface area contributed by atoms with E-state index >= 15 is 0 Å². The average Bonchev–Trinajstić information content (AvgIpc) is 2.70. The summed E-state index contributed by atoms with van der Waals surface area (Å²) in [5.41, 5.74) is 1.65. The summed E-state index contributed by atoms with van der Waals surface area (Å²) in [5, 5.41) is 7.99. The highest BCUT2D eigenvalue weighted by Crippen LogP contribution is 2.36. The molecular formula is C15H27N3. The van der Waals surface area contributed by atoms with Crippen LogP contribution in [0, 0.1) is 11.8 Å². The summed E-state index contributed by atoms with van der Waals surface area (Å²) in [6.45, 7) is 11.0. The number of nitrogens with zero attached hydrogens (tertiary/aromatic N) is 2. The molecule has 2 atom stereocenters. The quantitative estimate of drug-likeness (QED) is 0.869. The maximum atomic E-state index is 4.36. The molecule has 3 nitrogen and oxygen atoms in total. The van der Waals surface area contributed by atoms with Crippen molar-refractivity contribution in [2.45, 2.75) is 59.0 Å². The van der Waals surface area contributed by atoms with Crippen molar-refractivity contribution in [3.8, 4) is 0 Å².